The molecule has 2 rings (SSSR count). The van der Waals surface area contributed by atoms with E-state index in [1.54, 1.807) is 12.1 Å². The van der Waals surface area contributed by atoms with Crippen molar-refractivity contribution in [2.24, 2.45) is 5.41 Å². The molecule has 1 aromatic rings. The maximum absolute atomic E-state index is 13.3. The SMILES string of the molecule is CCCc1ccc(C(=O)C2(C(F)(F)F)CCNC2)cc1. The van der Waals surface area contributed by atoms with Crippen molar-refractivity contribution in [1.29, 1.82) is 0 Å². The van der Waals surface area contributed by atoms with E-state index in [2.05, 4.69) is 5.32 Å². The second kappa shape index (κ2) is 5.56. The number of Topliss-reactive ketones (excluding diaryl/α,β-unsaturated/α-hetero) is 1. The quantitative estimate of drug-likeness (QED) is 0.859. The van der Waals surface area contributed by atoms with Gasteiger partial charge in [-0.05, 0) is 24.9 Å². The first-order chi connectivity index (χ1) is 9.40. The van der Waals surface area contributed by atoms with Gasteiger partial charge < -0.3 is 5.32 Å². The Bertz CT molecular complexity index is 473. The van der Waals surface area contributed by atoms with Gasteiger partial charge in [-0.3, -0.25) is 4.79 Å². The molecule has 5 heteroatoms. The normalized spacial score (nSPS) is 23.0. The molecule has 0 bridgehead atoms. The summed E-state index contributed by atoms with van der Waals surface area (Å²) in [6.07, 6.45) is -2.88. The molecule has 0 aliphatic carbocycles. The molecule has 1 unspecified atom stereocenters. The van der Waals surface area contributed by atoms with Gasteiger partial charge in [-0.15, -0.1) is 0 Å². The predicted molar refractivity (Wildman–Crippen MR) is 70.7 cm³/mol. The number of halogens is 3. The van der Waals surface area contributed by atoms with Gasteiger partial charge in [-0.2, -0.15) is 13.2 Å². The van der Waals surface area contributed by atoms with Crippen molar-refractivity contribution >= 4 is 5.78 Å². The van der Waals surface area contributed by atoms with Crippen LogP contribution in [0, 0.1) is 5.41 Å². The molecule has 1 heterocycles. The number of aryl methyl sites for hydroxylation is 1. The standard InChI is InChI=1S/C15H18F3NO/c1-2-3-11-4-6-12(7-5-11)13(20)14(15(16,17)18)8-9-19-10-14/h4-7,19H,2-3,8-10H2,1H3. The fourth-order valence-electron chi connectivity index (χ4n) is 2.64. The van der Waals surface area contributed by atoms with Crippen molar-refractivity contribution < 1.29 is 18.0 Å². The highest BCUT2D eigenvalue weighted by Gasteiger charge is 2.61. The van der Waals surface area contributed by atoms with Crippen LogP contribution in [0.4, 0.5) is 13.2 Å². The van der Waals surface area contributed by atoms with E-state index in [1.165, 1.54) is 12.1 Å². The summed E-state index contributed by atoms with van der Waals surface area (Å²) in [4.78, 5) is 12.3. The monoisotopic (exact) mass is 285 g/mol. The Morgan fingerprint density at radius 1 is 1.30 bits per heavy atom. The van der Waals surface area contributed by atoms with Crippen LogP contribution in [-0.4, -0.2) is 25.0 Å². The van der Waals surface area contributed by atoms with Crippen LogP contribution in [0.25, 0.3) is 0 Å². The second-order valence-electron chi connectivity index (χ2n) is 5.28. The lowest BCUT2D eigenvalue weighted by Crippen LogP contribution is -2.46. The highest BCUT2D eigenvalue weighted by atomic mass is 19.4. The number of rotatable bonds is 4. The molecular formula is C15H18F3NO. The number of hydrogen-bond donors (Lipinski definition) is 1. The Balaban J connectivity index is 2.29. The van der Waals surface area contributed by atoms with E-state index in [0.717, 1.165) is 18.4 Å². The summed E-state index contributed by atoms with van der Waals surface area (Å²) in [6.45, 7) is 1.92. The Morgan fingerprint density at radius 3 is 2.40 bits per heavy atom. The molecule has 0 aromatic heterocycles. The summed E-state index contributed by atoms with van der Waals surface area (Å²) in [6, 6.07) is 6.50. The molecule has 0 amide bonds. The topological polar surface area (TPSA) is 29.1 Å². The summed E-state index contributed by atoms with van der Waals surface area (Å²) >= 11 is 0. The Morgan fingerprint density at radius 2 is 1.95 bits per heavy atom. The molecule has 1 aliphatic heterocycles. The smallest absolute Gasteiger partial charge is 0.315 e. The first-order valence-corrected chi connectivity index (χ1v) is 6.82. The predicted octanol–water partition coefficient (Wildman–Crippen LogP) is 3.36. The van der Waals surface area contributed by atoms with Crippen LogP contribution in [0.3, 0.4) is 0 Å². The van der Waals surface area contributed by atoms with Gasteiger partial charge in [-0.25, -0.2) is 0 Å². The van der Waals surface area contributed by atoms with E-state index < -0.39 is 17.4 Å². The van der Waals surface area contributed by atoms with E-state index in [1.807, 2.05) is 6.92 Å². The third-order valence-corrected chi connectivity index (χ3v) is 3.89. The van der Waals surface area contributed by atoms with Gasteiger partial charge in [0.1, 0.15) is 5.41 Å². The Hall–Kier alpha value is -1.36. The number of nitrogens with one attached hydrogen (secondary N) is 1. The van der Waals surface area contributed by atoms with Gasteiger partial charge in [0.25, 0.3) is 0 Å². The molecule has 1 aromatic carbocycles. The third-order valence-electron chi connectivity index (χ3n) is 3.89. The lowest BCUT2D eigenvalue weighted by atomic mass is 9.78. The number of carbonyl (C=O) groups excluding carboxylic acids is 1. The van der Waals surface area contributed by atoms with Crippen molar-refractivity contribution in [3.63, 3.8) is 0 Å². The minimum Gasteiger partial charge on any atom is -0.315 e. The molecule has 1 saturated heterocycles. The molecule has 0 saturated carbocycles. The van der Waals surface area contributed by atoms with Crippen LogP contribution < -0.4 is 5.32 Å². The van der Waals surface area contributed by atoms with Crippen molar-refractivity contribution in [2.45, 2.75) is 32.4 Å². The molecule has 20 heavy (non-hydrogen) atoms. The minimum atomic E-state index is -4.52. The maximum Gasteiger partial charge on any atom is 0.402 e. The van der Waals surface area contributed by atoms with E-state index in [0.29, 0.717) is 0 Å². The highest BCUT2D eigenvalue weighted by molar-refractivity contribution is 6.01. The average molecular weight is 285 g/mol. The number of hydrogen-bond acceptors (Lipinski definition) is 2. The summed E-state index contributed by atoms with van der Waals surface area (Å²) in [5.41, 5.74) is -1.08. The summed E-state index contributed by atoms with van der Waals surface area (Å²) in [5, 5.41) is 2.66. The zero-order valence-electron chi connectivity index (χ0n) is 11.4. The van der Waals surface area contributed by atoms with Gasteiger partial charge >= 0.3 is 6.18 Å². The fourth-order valence-corrected chi connectivity index (χ4v) is 2.64. The highest BCUT2D eigenvalue weighted by Crippen LogP contribution is 2.45. The van der Waals surface area contributed by atoms with Crippen LogP contribution in [0.15, 0.2) is 24.3 Å². The van der Waals surface area contributed by atoms with Crippen molar-refractivity contribution in [2.75, 3.05) is 13.1 Å². The molecule has 0 spiro atoms. The first-order valence-electron chi connectivity index (χ1n) is 6.82. The molecule has 110 valence electrons. The second-order valence-corrected chi connectivity index (χ2v) is 5.28. The van der Waals surface area contributed by atoms with Crippen LogP contribution in [0.2, 0.25) is 0 Å². The summed E-state index contributed by atoms with van der Waals surface area (Å²) in [7, 11) is 0. The average Bonchev–Trinajstić information content (AvgIpc) is 2.89. The zero-order chi connectivity index (χ0) is 14.8. The molecule has 1 aliphatic rings. The molecule has 2 nitrogen and oxygen atoms in total. The molecule has 1 N–H and O–H groups in total. The van der Waals surface area contributed by atoms with E-state index in [9.17, 15) is 18.0 Å². The van der Waals surface area contributed by atoms with Crippen LogP contribution >= 0.6 is 0 Å². The van der Waals surface area contributed by atoms with E-state index >= 15 is 0 Å². The van der Waals surface area contributed by atoms with Gasteiger partial charge in [-0.1, -0.05) is 37.6 Å². The number of ketones is 1. The molecule has 0 radical (unpaired) electrons. The maximum atomic E-state index is 13.3. The lowest BCUT2D eigenvalue weighted by Gasteiger charge is -2.29. The Labute approximate surface area is 116 Å². The van der Waals surface area contributed by atoms with Crippen molar-refractivity contribution in [3.8, 4) is 0 Å². The van der Waals surface area contributed by atoms with E-state index in [4.69, 9.17) is 0 Å². The van der Waals surface area contributed by atoms with Gasteiger partial charge in [0, 0.05) is 12.1 Å². The van der Waals surface area contributed by atoms with E-state index in [-0.39, 0.29) is 25.1 Å². The molecular weight excluding hydrogens is 267 g/mol. The van der Waals surface area contributed by atoms with Crippen LogP contribution in [0.5, 0.6) is 0 Å². The van der Waals surface area contributed by atoms with Crippen LogP contribution in [-0.2, 0) is 6.42 Å². The first kappa shape index (κ1) is 15.0. The van der Waals surface area contributed by atoms with Crippen LogP contribution in [0.1, 0.15) is 35.7 Å². The largest absolute Gasteiger partial charge is 0.402 e. The summed E-state index contributed by atoms with van der Waals surface area (Å²) in [5.74, 6) is -0.821. The zero-order valence-corrected chi connectivity index (χ0v) is 11.4. The number of carbonyl (C=O) groups is 1. The number of benzene rings is 1. The lowest BCUT2D eigenvalue weighted by molar-refractivity contribution is -0.197. The Kier molecular flexibility index (Phi) is 4.18. The van der Waals surface area contributed by atoms with Crippen molar-refractivity contribution in [1.82, 2.24) is 5.32 Å². The summed E-state index contributed by atoms with van der Waals surface area (Å²) < 4.78 is 39.9. The number of alkyl halides is 3. The fraction of sp³-hybridized carbons (Fsp3) is 0.533. The third kappa shape index (κ3) is 2.59. The van der Waals surface area contributed by atoms with Crippen molar-refractivity contribution in [3.05, 3.63) is 35.4 Å². The van der Waals surface area contributed by atoms with Gasteiger partial charge in [0.15, 0.2) is 5.78 Å². The van der Waals surface area contributed by atoms with Gasteiger partial charge in [0.2, 0.25) is 0 Å². The molecule has 1 atom stereocenters. The molecule has 1 fully saturated rings. The van der Waals surface area contributed by atoms with Gasteiger partial charge in [0.05, 0.1) is 0 Å². The minimum absolute atomic E-state index is 0.144.